The molecule has 0 aliphatic carbocycles. The number of hydrogen-bond donors (Lipinski definition) is 0. The van der Waals surface area contributed by atoms with Crippen LogP contribution >= 0.6 is 0 Å². The Morgan fingerprint density at radius 2 is 2.23 bits per heavy atom. The summed E-state index contributed by atoms with van der Waals surface area (Å²) in [5.74, 6) is -0.353. The van der Waals surface area contributed by atoms with Gasteiger partial charge in [-0.3, -0.25) is 4.79 Å². The van der Waals surface area contributed by atoms with E-state index in [1.54, 1.807) is 20.8 Å². The van der Waals surface area contributed by atoms with Gasteiger partial charge in [-0.1, -0.05) is 0 Å². The smallest absolute Gasteiger partial charge is 0.438 e. The number of carbonyl (C=O) groups is 2. The molecule has 0 aromatic carbocycles. The fourth-order valence-electron chi connectivity index (χ4n) is 0.806. The Bertz CT molecular complexity index is 265. The maximum absolute atomic E-state index is 11.2. The molecule has 1 heterocycles. The second-order valence-electron chi connectivity index (χ2n) is 3.69. The molecule has 0 aromatic rings. The Kier molecular flexibility index (Phi) is 2.36. The van der Waals surface area contributed by atoms with Crippen molar-refractivity contribution in [3.8, 4) is 0 Å². The van der Waals surface area contributed by atoms with Crippen LogP contribution in [0.25, 0.3) is 0 Å². The van der Waals surface area contributed by atoms with E-state index in [1.165, 1.54) is 6.21 Å². The highest BCUT2D eigenvalue weighted by Gasteiger charge is 2.28. The lowest BCUT2D eigenvalue weighted by Gasteiger charge is -2.21. The van der Waals surface area contributed by atoms with E-state index in [2.05, 4.69) is 5.10 Å². The summed E-state index contributed by atoms with van der Waals surface area (Å²) >= 11 is 0. The number of nitrogens with zero attached hydrogens (tertiary/aromatic N) is 2. The summed E-state index contributed by atoms with van der Waals surface area (Å²) in [6, 6.07) is 0. The van der Waals surface area contributed by atoms with E-state index in [0.29, 0.717) is 0 Å². The predicted octanol–water partition coefficient (Wildman–Crippen LogP) is 1.14. The first kappa shape index (κ1) is 9.70. The summed E-state index contributed by atoms with van der Waals surface area (Å²) in [5.41, 5.74) is -0.602. The molecule has 1 aliphatic heterocycles. The van der Waals surface area contributed by atoms with Crippen LogP contribution in [0.3, 0.4) is 0 Å². The van der Waals surface area contributed by atoms with Crippen LogP contribution in [0.2, 0.25) is 0 Å². The summed E-state index contributed by atoms with van der Waals surface area (Å²) in [6.45, 7) is 5.19. The maximum atomic E-state index is 11.2. The summed E-state index contributed by atoms with van der Waals surface area (Å²) in [5, 5.41) is 4.33. The van der Waals surface area contributed by atoms with Crippen molar-refractivity contribution in [1.82, 2.24) is 5.01 Å². The van der Waals surface area contributed by atoms with E-state index in [0.717, 1.165) is 5.01 Å². The van der Waals surface area contributed by atoms with Gasteiger partial charge in [0.15, 0.2) is 0 Å². The first-order valence-corrected chi connectivity index (χ1v) is 3.98. The minimum atomic E-state index is -0.716. The van der Waals surface area contributed by atoms with Gasteiger partial charge in [0.05, 0.1) is 6.42 Å². The van der Waals surface area contributed by atoms with Crippen LogP contribution < -0.4 is 0 Å². The highest BCUT2D eigenvalue weighted by Crippen LogP contribution is 2.12. The normalized spacial score (nSPS) is 16.5. The van der Waals surface area contributed by atoms with Crippen molar-refractivity contribution in [3.05, 3.63) is 0 Å². The number of hydrogen-bond acceptors (Lipinski definition) is 4. The molecule has 0 radical (unpaired) electrons. The van der Waals surface area contributed by atoms with E-state index in [-0.39, 0.29) is 12.3 Å². The molecule has 2 amide bonds. The second-order valence-corrected chi connectivity index (χ2v) is 3.69. The van der Waals surface area contributed by atoms with Crippen molar-refractivity contribution in [1.29, 1.82) is 0 Å². The Morgan fingerprint density at radius 1 is 1.62 bits per heavy atom. The Morgan fingerprint density at radius 3 is 2.62 bits per heavy atom. The number of rotatable bonds is 0. The van der Waals surface area contributed by atoms with Crippen molar-refractivity contribution >= 4 is 18.2 Å². The zero-order valence-corrected chi connectivity index (χ0v) is 7.90. The van der Waals surface area contributed by atoms with Gasteiger partial charge in [-0.25, -0.2) is 4.79 Å². The lowest BCUT2D eigenvalue weighted by molar-refractivity contribution is -0.127. The molecule has 1 aliphatic rings. The number of hydrazone groups is 1. The van der Waals surface area contributed by atoms with Crippen molar-refractivity contribution in [2.75, 3.05) is 0 Å². The molecule has 0 bridgehead atoms. The maximum Gasteiger partial charge on any atom is 0.438 e. The molecule has 0 aromatic heterocycles. The van der Waals surface area contributed by atoms with Gasteiger partial charge in [-0.15, -0.1) is 5.01 Å². The van der Waals surface area contributed by atoms with Crippen LogP contribution in [0.15, 0.2) is 5.10 Å². The summed E-state index contributed by atoms with van der Waals surface area (Å²) in [6.07, 6.45) is 0.831. The molecular formula is C8H12N2O3. The Labute approximate surface area is 76.3 Å². The van der Waals surface area contributed by atoms with Gasteiger partial charge >= 0.3 is 6.09 Å². The molecular weight excluding hydrogens is 172 g/mol. The molecule has 0 saturated carbocycles. The van der Waals surface area contributed by atoms with Crippen LogP contribution in [0, 0.1) is 0 Å². The monoisotopic (exact) mass is 184 g/mol. The molecule has 0 unspecified atom stereocenters. The first-order chi connectivity index (χ1) is 5.90. The van der Waals surface area contributed by atoms with Crippen LogP contribution in [-0.4, -0.2) is 28.8 Å². The van der Waals surface area contributed by atoms with E-state index >= 15 is 0 Å². The van der Waals surface area contributed by atoms with E-state index < -0.39 is 11.7 Å². The predicted molar refractivity (Wildman–Crippen MR) is 46.2 cm³/mol. The quantitative estimate of drug-likeness (QED) is 0.567. The van der Waals surface area contributed by atoms with Gasteiger partial charge in [-0.05, 0) is 20.8 Å². The van der Waals surface area contributed by atoms with Crippen molar-refractivity contribution in [2.45, 2.75) is 32.8 Å². The lowest BCUT2D eigenvalue weighted by Crippen LogP contribution is -2.35. The third kappa shape index (κ3) is 2.54. The molecule has 0 N–H and O–H groups in total. The van der Waals surface area contributed by atoms with E-state index in [1.807, 2.05) is 0 Å². The summed E-state index contributed by atoms with van der Waals surface area (Å²) in [4.78, 5) is 22.2. The van der Waals surface area contributed by atoms with Gasteiger partial charge in [0.1, 0.15) is 5.60 Å². The van der Waals surface area contributed by atoms with Gasteiger partial charge in [0.25, 0.3) is 5.91 Å². The molecule has 72 valence electrons. The Balaban J connectivity index is 2.58. The zero-order valence-electron chi connectivity index (χ0n) is 7.90. The van der Waals surface area contributed by atoms with E-state index in [9.17, 15) is 9.59 Å². The fourth-order valence-corrected chi connectivity index (χ4v) is 0.806. The Hall–Kier alpha value is -1.39. The topological polar surface area (TPSA) is 59.0 Å². The van der Waals surface area contributed by atoms with Crippen molar-refractivity contribution in [3.63, 3.8) is 0 Å². The van der Waals surface area contributed by atoms with Crippen LogP contribution in [0.1, 0.15) is 27.2 Å². The van der Waals surface area contributed by atoms with Gasteiger partial charge in [0.2, 0.25) is 0 Å². The zero-order chi connectivity index (χ0) is 10.1. The number of amides is 2. The highest BCUT2D eigenvalue weighted by atomic mass is 16.6. The molecule has 1 rings (SSSR count). The van der Waals surface area contributed by atoms with E-state index in [4.69, 9.17) is 4.74 Å². The first-order valence-electron chi connectivity index (χ1n) is 3.98. The molecule has 0 fully saturated rings. The van der Waals surface area contributed by atoms with Crippen LogP contribution in [0.4, 0.5) is 4.79 Å². The van der Waals surface area contributed by atoms with Gasteiger partial charge in [0, 0.05) is 6.21 Å². The largest absolute Gasteiger partial charge is 0.442 e. The highest BCUT2D eigenvalue weighted by molar-refractivity contribution is 6.02. The molecule has 5 nitrogen and oxygen atoms in total. The molecule has 0 spiro atoms. The average Bonchev–Trinajstić information content (AvgIpc) is 2.30. The van der Waals surface area contributed by atoms with Crippen LogP contribution in [-0.2, 0) is 9.53 Å². The van der Waals surface area contributed by atoms with Gasteiger partial charge < -0.3 is 4.74 Å². The molecule has 5 heteroatoms. The lowest BCUT2D eigenvalue weighted by atomic mass is 10.2. The number of ether oxygens (including phenoxy) is 1. The minimum absolute atomic E-state index is 0.166. The molecule has 13 heavy (non-hydrogen) atoms. The van der Waals surface area contributed by atoms with Crippen molar-refractivity contribution < 1.29 is 14.3 Å². The standard InChI is InChI=1S/C8H12N2O3/c1-8(2,3)13-7(12)10-6(11)4-5-9-10/h5H,4H2,1-3H3. The summed E-state index contributed by atoms with van der Waals surface area (Å²) in [7, 11) is 0. The third-order valence-electron chi connectivity index (χ3n) is 1.27. The third-order valence-corrected chi connectivity index (χ3v) is 1.27. The summed E-state index contributed by atoms with van der Waals surface area (Å²) < 4.78 is 4.94. The minimum Gasteiger partial charge on any atom is -0.442 e. The fraction of sp³-hybridized carbons (Fsp3) is 0.625. The average molecular weight is 184 g/mol. The molecule has 0 atom stereocenters. The van der Waals surface area contributed by atoms with Crippen molar-refractivity contribution in [2.24, 2.45) is 5.10 Å². The SMILES string of the molecule is CC(C)(C)OC(=O)N1N=CCC1=O. The number of carbonyl (C=O) groups excluding carboxylic acids is 2. The number of imide groups is 1. The second kappa shape index (κ2) is 3.16. The molecule has 0 saturated heterocycles. The van der Waals surface area contributed by atoms with Gasteiger partial charge in [-0.2, -0.15) is 5.10 Å². The van der Waals surface area contributed by atoms with Crippen LogP contribution in [0.5, 0.6) is 0 Å².